The second-order valence-electron chi connectivity index (χ2n) is 5.15. The third-order valence-corrected chi connectivity index (χ3v) is 4.66. The summed E-state index contributed by atoms with van der Waals surface area (Å²) in [5.74, 6) is -0.733. The first-order valence-electron chi connectivity index (χ1n) is 7.23. The molecule has 122 valence electrons. The third-order valence-electron chi connectivity index (χ3n) is 3.40. The van der Waals surface area contributed by atoms with Crippen molar-refractivity contribution in [3.05, 3.63) is 58.6 Å². The highest BCUT2D eigenvalue weighted by Crippen LogP contribution is 2.27. The van der Waals surface area contributed by atoms with Crippen molar-refractivity contribution in [1.82, 2.24) is 10.3 Å². The molecule has 7 heteroatoms. The number of hydrogen-bond acceptors (Lipinski definition) is 4. The number of nitrogens with one attached hydrogen (secondary N) is 2. The van der Waals surface area contributed by atoms with Crippen LogP contribution in [0.15, 0.2) is 42.5 Å². The zero-order valence-electron chi connectivity index (χ0n) is 12.8. The number of anilines is 1. The van der Waals surface area contributed by atoms with E-state index in [-0.39, 0.29) is 12.5 Å². The Morgan fingerprint density at radius 1 is 1.17 bits per heavy atom. The standard InChI is InChI=1S/C17H14ClN3O2S/c1-10-5-4-8-13-15(10)21-17(24-13)20-14(22)9-19-16(23)11-6-2-3-7-12(11)18/h2-8H,9H2,1H3,(H,19,23)(H,20,21,22). The highest BCUT2D eigenvalue weighted by Gasteiger charge is 2.12. The van der Waals surface area contributed by atoms with Crippen LogP contribution in [-0.2, 0) is 4.79 Å². The summed E-state index contributed by atoms with van der Waals surface area (Å²) in [6.07, 6.45) is 0. The molecule has 2 aromatic carbocycles. The number of carbonyl (C=O) groups is 2. The summed E-state index contributed by atoms with van der Waals surface area (Å²) in [6.45, 7) is 1.82. The fraction of sp³-hybridized carbons (Fsp3) is 0.118. The summed E-state index contributed by atoms with van der Waals surface area (Å²) in [5.41, 5.74) is 2.26. The van der Waals surface area contributed by atoms with Gasteiger partial charge in [-0.1, -0.05) is 47.2 Å². The number of fused-ring (bicyclic) bond motifs is 1. The number of carbonyl (C=O) groups excluding carboxylic acids is 2. The van der Waals surface area contributed by atoms with Crippen molar-refractivity contribution in [3.8, 4) is 0 Å². The predicted octanol–water partition coefficient (Wildman–Crippen LogP) is 3.63. The highest BCUT2D eigenvalue weighted by molar-refractivity contribution is 7.22. The van der Waals surface area contributed by atoms with Crippen molar-refractivity contribution in [2.45, 2.75) is 6.92 Å². The van der Waals surface area contributed by atoms with Gasteiger partial charge in [0, 0.05) is 0 Å². The number of para-hydroxylation sites is 1. The quantitative estimate of drug-likeness (QED) is 0.747. The van der Waals surface area contributed by atoms with E-state index in [0.717, 1.165) is 15.8 Å². The van der Waals surface area contributed by atoms with Gasteiger partial charge >= 0.3 is 0 Å². The molecular formula is C17H14ClN3O2S. The van der Waals surface area contributed by atoms with Gasteiger partial charge in [0.05, 0.1) is 27.3 Å². The lowest BCUT2D eigenvalue weighted by Gasteiger charge is -2.06. The van der Waals surface area contributed by atoms with Crippen molar-refractivity contribution in [1.29, 1.82) is 0 Å². The van der Waals surface area contributed by atoms with Crippen LogP contribution in [0.4, 0.5) is 5.13 Å². The first-order chi connectivity index (χ1) is 11.5. The molecule has 0 unspecified atom stereocenters. The Morgan fingerprint density at radius 2 is 1.96 bits per heavy atom. The number of benzene rings is 2. The molecule has 24 heavy (non-hydrogen) atoms. The van der Waals surface area contributed by atoms with Gasteiger partial charge in [-0.25, -0.2) is 4.98 Å². The van der Waals surface area contributed by atoms with Gasteiger partial charge < -0.3 is 10.6 Å². The summed E-state index contributed by atoms with van der Waals surface area (Å²) in [5, 5.41) is 6.10. The maximum Gasteiger partial charge on any atom is 0.253 e. The zero-order valence-corrected chi connectivity index (χ0v) is 14.4. The van der Waals surface area contributed by atoms with Crippen molar-refractivity contribution in [2.24, 2.45) is 0 Å². The molecule has 0 spiro atoms. The maximum absolute atomic E-state index is 12.0. The third kappa shape index (κ3) is 3.55. The molecule has 2 N–H and O–H groups in total. The Kier molecular flexibility index (Phi) is 4.78. The molecule has 3 aromatic rings. The molecule has 1 aromatic heterocycles. The van der Waals surface area contributed by atoms with E-state index in [1.165, 1.54) is 11.3 Å². The number of rotatable bonds is 4. The van der Waals surface area contributed by atoms with Crippen LogP contribution in [0, 0.1) is 6.92 Å². The molecule has 5 nitrogen and oxygen atoms in total. The molecule has 1 heterocycles. The largest absolute Gasteiger partial charge is 0.343 e. The smallest absolute Gasteiger partial charge is 0.253 e. The van der Waals surface area contributed by atoms with Crippen molar-refractivity contribution < 1.29 is 9.59 Å². The highest BCUT2D eigenvalue weighted by atomic mass is 35.5. The fourth-order valence-corrected chi connectivity index (χ4v) is 3.39. The number of aromatic nitrogens is 1. The monoisotopic (exact) mass is 359 g/mol. The number of amides is 2. The number of aryl methyl sites for hydroxylation is 1. The van der Waals surface area contributed by atoms with Crippen LogP contribution in [0.25, 0.3) is 10.2 Å². The summed E-state index contributed by atoms with van der Waals surface area (Å²) >= 11 is 7.35. The Morgan fingerprint density at radius 3 is 2.71 bits per heavy atom. The van der Waals surface area contributed by atoms with E-state index in [1.54, 1.807) is 24.3 Å². The molecule has 2 amide bonds. The van der Waals surface area contributed by atoms with E-state index in [4.69, 9.17) is 11.6 Å². The van der Waals surface area contributed by atoms with E-state index in [0.29, 0.717) is 15.7 Å². The van der Waals surface area contributed by atoms with Gasteiger partial charge in [0.1, 0.15) is 0 Å². The number of hydrogen-bond donors (Lipinski definition) is 2. The van der Waals surface area contributed by atoms with Gasteiger partial charge in [0.15, 0.2) is 5.13 Å². The molecule has 0 atom stereocenters. The van der Waals surface area contributed by atoms with Gasteiger partial charge in [-0.3, -0.25) is 9.59 Å². The Bertz CT molecular complexity index is 923. The normalized spacial score (nSPS) is 10.6. The average Bonchev–Trinajstić information content (AvgIpc) is 2.97. The minimum absolute atomic E-state index is 0.154. The van der Waals surface area contributed by atoms with Crippen molar-refractivity contribution >= 4 is 50.1 Å². The van der Waals surface area contributed by atoms with E-state index in [9.17, 15) is 9.59 Å². The molecular weight excluding hydrogens is 346 g/mol. The summed E-state index contributed by atoms with van der Waals surface area (Å²) in [4.78, 5) is 28.4. The summed E-state index contributed by atoms with van der Waals surface area (Å²) in [7, 11) is 0. The lowest BCUT2D eigenvalue weighted by molar-refractivity contribution is -0.115. The Hall–Kier alpha value is -2.44. The summed E-state index contributed by atoms with van der Waals surface area (Å²) in [6, 6.07) is 12.6. The SMILES string of the molecule is Cc1cccc2sc(NC(=O)CNC(=O)c3ccccc3Cl)nc12. The lowest BCUT2D eigenvalue weighted by atomic mass is 10.2. The van der Waals surface area contributed by atoms with Crippen LogP contribution in [0.3, 0.4) is 0 Å². The van der Waals surface area contributed by atoms with Crippen LogP contribution in [0.2, 0.25) is 5.02 Å². The molecule has 0 radical (unpaired) electrons. The molecule has 0 fully saturated rings. The van der Waals surface area contributed by atoms with Gasteiger partial charge in [-0.05, 0) is 30.7 Å². The van der Waals surface area contributed by atoms with E-state index in [2.05, 4.69) is 15.6 Å². The van der Waals surface area contributed by atoms with Gasteiger partial charge in [0.25, 0.3) is 5.91 Å². The van der Waals surface area contributed by atoms with Crippen LogP contribution in [0.5, 0.6) is 0 Å². The minimum atomic E-state index is -0.393. The van der Waals surface area contributed by atoms with Gasteiger partial charge in [0.2, 0.25) is 5.91 Å². The Labute approximate surface area is 147 Å². The second-order valence-corrected chi connectivity index (χ2v) is 6.59. The van der Waals surface area contributed by atoms with Gasteiger partial charge in [-0.2, -0.15) is 0 Å². The van der Waals surface area contributed by atoms with Crippen LogP contribution < -0.4 is 10.6 Å². The second kappa shape index (κ2) is 6.98. The molecule has 0 aliphatic rings. The van der Waals surface area contributed by atoms with Crippen LogP contribution in [-0.4, -0.2) is 23.3 Å². The van der Waals surface area contributed by atoms with Crippen LogP contribution >= 0.6 is 22.9 Å². The summed E-state index contributed by atoms with van der Waals surface area (Å²) < 4.78 is 1.01. The fourth-order valence-electron chi connectivity index (χ4n) is 2.20. The van der Waals surface area contributed by atoms with E-state index >= 15 is 0 Å². The zero-order chi connectivity index (χ0) is 17.1. The van der Waals surface area contributed by atoms with E-state index in [1.807, 2.05) is 25.1 Å². The van der Waals surface area contributed by atoms with Crippen molar-refractivity contribution in [3.63, 3.8) is 0 Å². The van der Waals surface area contributed by atoms with Crippen molar-refractivity contribution in [2.75, 3.05) is 11.9 Å². The van der Waals surface area contributed by atoms with Gasteiger partial charge in [-0.15, -0.1) is 0 Å². The molecule has 0 bridgehead atoms. The number of nitrogens with zero attached hydrogens (tertiary/aromatic N) is 1. The number of halogens is 1. The van der Waals surface area contributed by atoms with Crippen LogP contribution in [0.1, 0.15) is 15.9 Å². The predicted molar refractivity (Wildman–Crippen MR) is 96.8 cm³/mol. The maximum atomic E-state index is 12.0. The first kappa shape index (κ1) is 16.4. The molecule has 0 aliphatic heterocycles. The number of thiazole rings is 1. The molecule has 0 saturated carbocycles. The topological polar surface area (TPSA) is 71.1 Å². The first-order valence-corrected chi connectivity index (χ1v) is 8.43. The van der Waals surface area contributed by atoms with E-state index < -0.39 is 5.91 Å². The molecule has 0 saturated heterocycles. The Balaban J connectivity index is 1.62. The lowest BCUT2D eigenvalue weighted by Crippen LogP contribution is -2.32. The molecule has 3 rings (SSSR count). The molecule has 0 aliphatic carbocycles. The minimum Gasteiger partial charge on any atom is -0.343 e. The average molecular weight is 360 g/mol.